The fraction of sp³-hybridized carbons (Fsp3) is 0.440. The first-order chi connectivity index (χ1) is 34.8. The zero-order chi connectivity index (χ0) is 48.8. The van der Waals surface area contributed by atoms with Gasteiger partial charge in [-0.3, -0.25) is 23.2 Å². The van der Waals surface area contributed by atoms with Crippen LogP contribution in [0.4, 0.5) is 11.6 Å². The van der Waals surface area contributed by atoms with E-state index in [1.54, 1.807) is 19.1 Å². The average Bonchev–Trinajstić information content (AvgIpc) is 4.25. The number of nitrogens with one attached hydrogen (secondary N) is 1. The number of benzene rings is 2. The molecule has 1 amide bonds. The van der Waals surface area contributed by atoms with E-state index in [0.29, 0.717) is 103 Å². The molecule has 4 aliphatic heterocycles. The molecule has 6 aromatic heterocycles. The Kier molecular flexibility index (Phi) is 15.0. The fourth-order valence-corrected chi connectivity index (χ4v) is 12.0. The lowest BCUT2D eigenvalue weighted by atomic mass is 10.1. The predicted molar refractivity (Wildman–Crippen MR) is 279 cm³/mol. The molecule has 372 valence electrons. The molecule has 10 heterocycles. The quantitative estimate of drug-likeness (QED) is 0.179. The largest absolute Gasteiger partial charge is 0.462 e. The smallest absolute Gasteiger partial charge is 0.345 e. The van der Waals surface area contributed by atoms with E-state index in [9.17, 15) is 19.2 Å². The van der Waals surface area contributed by atoms with Crippen LogP contribution >= 0.6 is 22.7 Å². The van der Waals surface area contributed by atoms with Crippen LogP contribution in [0.2, 0.25) is 0 Å². The maximum Gasteiger partial charge on any atom is 0.345 e. The number of esters is 1. The normalized spacial score (nSPS) is 16.8. The fourth-order valence-electron chi connectivity index (χ4n) is 9.69. The number of pyridine rings is 2. The SMILES string of the molecule is CCOC(=O)c1c(=O)c2cc(N3CCOCC3)nnc2n2c1sc1ccccc12.NCCN1CCCC1.O=C(NCCN1CCCC1)c1c(=O)c2cc(N3CCOCC3)nnc2n2c1sc1ccccc12. The molecular formula is C50H58N12O7S2. The second kappa shape index (κ2) is 22.1. The molecule has 0 unspecified atom stereocenters. The first-order valence-electron chi connectivity index (χ1n) is 24.6. The number of nitrogens with two attached hydrogens (primary N) is 1. The highest BCUT2D eigenvalue weighted by atomic mass is 32.1. The summed E-state index contributed by atoms with van der Waals surface area (Å²) in [6.07, 6.45) is 5.16. The van der Waals surface area contributed by atoms with Gasteiger partial charge in [-0.1, -0.05) is 24.3 Å². The van der Waals surface area contributed by atoms with Crippen LogP contribution in [-0.2, 0) is 14.2 Å². The zero-order valence-corrected chi connectivity index (χ0v) is 41.5. The van der Waals surface area contributed by atoms with Crippen LogP contribution in [0.15, 0.2) is 70.3 Å². The van der Waals surface area contributed by atoms with E-state index in [0.717, 1.165) is 53.2 Å². The number of para-hydroxylation sites is 2. The minimum atomic E-state index is -0.617. The Hall–Kier alpha value is -6.20. The second-order valence-corrected chi connectivity index (χ2v) is 19.8. The number of amides is 1. The van der Waals surface area contributed by atoms with Gasteiger partial charge in [-0.15, -0.1) is 43.1 Å². The number of thiazole rings is 2. The number of hydrogen-bond donors (Lipinski definition) is 2. The Morgan fingerprint density at radius 2 is 1.11 bits per heavy atom. The number of hydrogen-bond acceptors (Lipinski definition) is 18. The van der Waals surface area contributed by atoms with Crippen molar-refractivity contribution in [3.8, 4) is 0 Å². The number of aromatic nitrogens is 6. The summed E-state index contributed by atoms with van der Waals surface area (Å²) in [6.45, 7) is 15.0. The first kappa shape index (κ1) is 48.4. The summed E-state index contributed by atoms with van der Waals surface area (Å²) in [6, 6.07) is 19.1. The lowest BCUT2D eigenvalue weighted by Crippen LogP contribution is -2.37. The molecule has 8 aromatic rings. The van der Waals surface area contributed by atoms with Gasteiger partial charge in [0.25, 0.3) is 5.91 Å². The second-order valence-electron chi connectivity index (χ2n) is 17.8. The summed E-state index contributed by atoms with van der Waals surface area (Å²) in [5, 5.41) is 21.4. The van der Waals surface area contributed by atoms with Crippen LogP contribution in [0.25, 0.3) is 52.2 Å². The zero-order valence-electron chi connectivity index (χ0n) is 39.8. The van der Waals surface area contributed by atoms with Crippen molar-refractivity contribution in [2.24, 2.45) is 5.73 Å². The monoisotopic (exact) mass is 1000 g/mol. The molecule has 19 nitrogen and oxygen atoms in total. The van der Waals surface area contributed by atoms with Gasteiger partial charge in [0, 0.05) is 52.4 Å². The van der Waals surface area contributed by atoms with E-state index in [-0.39, 0.29) is 34.5 Å². The van der Waals surface area contributed by atoms with E-state index in [4.69, 9.17) is 19.9 Å². The van der Waals surface area contributed by atoms with Crippen LogP contribution in [0, 0.1) is 0 Å². The van der Waals surface area contributed by atoms with Crippen LogP contribution in [0.1, 0.15) is 53.3 Å². The summed E-state index contributed by atoms with van der Waals surface area (Å²) < 4.78 is 21.7. The van der Waals surface area contributed by atoms with E-state index in [2.05, 4.69) is 40.4 Å². The van der Waals surface area contributed by atoms with E-state index in [1.807, 2.05) is 62.2 Å². The number of anilines is 2. The highest BCUT2D eigenvalue weighted by Gasteiger charge is 2.27. The Bertz CT molecular complexity index is 3330. The van der Waals surface area contributed by atoms with Crippen LogP contribution in [0.5, 0.6) is 0 Å². The number of nitrogens with zero attached hydrogens (tertiary/aromatic N) is 10. The highest BCUT2D eigenvalue weighted by Crippen LogP contribution is 2.33. The van der Waals surface area contributed by atoms with Crippen LogP contribution in [0.3, 0.4) is 0 Å². The van der Waals surface area contributed by atoms with Gasteiger partial charge >= 0.3 is 5.97 Å². The predicted octanol–water partition coefficient (Wildman–Crippen LogP) is 4.63. The highest BCUT2D eigenvalue weighted by molar-refractivity contribution is 7.24. The molecular weight excluding hydrogens is 945 g/mol. The maximum absolute atomic E-state index is 13.7. The number of likely N-dealkylation sites (tertiary alicyclic amines) is 2. The van der Waals surface area contributed by atoms with Crippen molar-refractivity contribution >= 4 is 98.3 Å². The Morgan fingerprint density at radius 3 is 1.61 bits per heavy atom. The number of morpholine rings is 2. The van der Waals surface area contributed by atoms with Gasteiger partial charge in [-0.25, -0.2) is 4.79 Å². The molecule has 0 saturated carbocycles. The number of fused-ring (bicyclic) bond motifs is 10. The third-order valence-electron chi connectivity index (χ3n) is 13.3. The van der Waals surface area contributed by atoms with Crippen molar-refractivity contribution in [1.29, 1.82) is 0 Å². The summed E-state index contributed by atoms with van der Waals surface area (Å²) >= 11 is 2.80. The number of rotatable bonds is 10. The van der Waals surface area contributed by atoms with Crippen molar-refractivity contribution < 1.29 is 23.8 Å². The molecule has 0 bridgehead atoms. The van der Waals surface area contributed by atoms with Crippen molar-refractivity contribution in [2.45, 2.75) is 32.6 Å². The van der Waals surface area contributed by atoms with Crippen LogP contribution < -0.4 is 31.7 Å². The lowest BCUT2D eigenvalue weighted by Gasteiger charge is -2.27. The minimum Gasteiger partial charge on any atom is -0.462 e. The Morgan fingerprint density at radius 1 is 0.648 bits per heavy atom. The first-order valence-corrected chi connectivity index (χ1v) is 26.2. The van der Waals surface area contributed by atoms with Crippen molar-refractivity contribution in [1.82, 2.24) is 44.3 Å². The molecule has 0 aliphatic carbocycles. The van der Waals surface area contributed by atoms with Gasteiger partial charge in [0.15, 0.2) is 22.9 Å². The Labute approximate surface area is 416 Å². The number of carbonyl (C=O) groups is 2. The van der Waals surface area contributed by atoms with Gasteiger partial charge in [0.1, 0.15) is 20.8 Å². The summed E-state index contributed by atoms with van der Waals surface area (Å²) in [4.78, 5) is 63.1. The van der Waals surface area contributed by atoms with Crippen molar-refractivity contribution in [2.75, 3.05) is 121 Å². The van der Waals surface area contributed by atoms with Crippen molar-refractivity contribution in [3.63, 3.8) is 0 Å². The van der Waals surface area contributed by atoms with Gasteiger partial charge in [-0.2, -0.15) is 0 Å². The standard InChI is InChI=1S/C24H26N6O3S.C20H18N4O4S.C6H14N2/c31-21-16-15-19(29-11-13-33-14-12-29)26-27-22(16)30-17-5-1-2-6-18(17)34-24(30)20(21)23(32)25-7-10-28-8-3-4-9-28;1-2-28-20(26)16-17(25)12-11-15(23-7-9-27-10-8-23)21-22-18(12)24-13-5-3-4-6-14(13)29-19(16)24;7-3-6-8-4-1-2-5-8/h1-2,5-6,15H,3-4,7-14H2,(H,25,32);3-6,11H,2,7-10H2,1H3;1-7H2. The Balaban J connectivity index is 0.000000143. The van der Waals surface area contributed by atoms with E-state index < -0.39 is 5.97 Å². The molecule has 4 fully saturated rings. The summed E-state index contributed by atoms with van der Waals surface area (Å²) in [5.74, 6) is 0.285. The number of ether oxygens (including phenoxy) is 3. The molecule has 2 aromatic carbocycles. The van der Waals surface area contributed by atoms with Gasteiger partial charge < -0.3 is 44.9 Å². The third kappa shape index (κ3) is 10.0. The molecule has 4 saturated heterocycles. The molecule has 0 radical (unpaired) electrons. The van der Waals surface area contributed by atoms with E-state index >= 15 is 0 Å². The minimum absolute atomic E-state index is 0.0430. The average molecular weight is 1000 g/mol. The molecule has 0 spiro atoms. The van der Waals surface area contributed by atoms with Gasteiger partial charge in [0.05, 0.1) is 64.2 Å². The topological polar surface area (TPSA) is 207 Å². The number of carbonyl (C=O) groups excluding carboxylic acids is 2. The molecule has 12 rings (SSSR count). The molecule has 71 heavy (non-hydrogen) atoms. The van der Waals surface area contributed by atoms with E-state index in [1.165, 1.54) is 61.4 Å². The lowest BCUT2D eigenvalue weighted by molar-refractivity contribution is 0.0527. The van der Waals surface area contributed by atoms with Gasteiger partial charge in [0.2, 0.25) is 10.9 Å². The van der Waals surface area contributed by atoms with Crippen molar-refractivity contribution in [3.05, 3.63) is 92.2 Å². The van der Waals surface area contributed by atoms with Gasteiger partial charge in [-0.05, 0) is 95.2 Å². The van der Waals surface area contributed by atoms with Crippen LogP contribution in [-0.4, -0.2) is 162 Å². The molecule has 4 aliphatic rings. The molecule has 0 atom stereocenters. The molecule has 3 N–H and O–H groups in total. The molecule has 21 heteroatoms. The summed E-state index contributed by atoms with van der Waals surface area (Å²) in [5.41, 5.74) is 7.60. The summed E-state index contributed by atoms with van der Waals surface area (Å²) in [7, 11) is 0. The maximum atomic E-state index is 13.7. The third-order valence-corrected chi connectivity index (χ3v) is 15.6.